The molecule has 130 valence electrons. The molecule has 0 saturated heterocycles. The summed E-state index contributed by atoms with van der Waals surface area (Å²) in [7, 11) is -3.32. The van der Waals surface area contributed by atoms with Crippen LogP contribution in [0.5, 0.6) is 0 Å². The van der Waals surface area contributed by atoms with Gasteiger partial charge in [-0.1, -0.05) is 18.2 Å². The van der Waals surface area contributed by atoms with Crippen molar-refractivity contribution in [1.29, 1.82) is 0 Å². The third-order valence-corrected chi connectivity index (χ3v) is 5.07. The fourth-order valence-corrected chi connectivity index (χ4v) is 3.63. The number of aryl methyl sites for hydroxylation is 1. The minimum absolute atomic E-state index is 0.122. The maximum absolute atomic E-state index is 11.9. The van der Waals surface area contributed by atoms with Crippen LogP contribution in [0.3, 0.4) is 0 Å². The number of hydrogen-bond acceptors (Lipinski definition) is 5. The molecule has 0 spiro atoms. The summed E-state index contributed by atoms with van der Waals surface area (Å²) in [6.07, 6.45) is 4.35. The molecular weight excluding hydrogens is 330 g/mol. The summed E-state index contributed by atoms with van der Waals surface area (Å²) in [6, 6.07) is 6.45. The maximum Gasteiger partial charge on any atom is 0.268 e. The lowest BCUT2D eigenvalue weighted by molar-refractivity contribution is 0.0994. The van der Waals surface area contributed by atoms with Crippen LogP contribution < -0.4 is 5.73 Å². The van der Waals surface area contributed by atoms with Crippen molar-refractivity contribution in [2.24, 2.45) is 5.73 Å². The van der Waals surface area contributed by atoms with Gasteiger partial charge in [0.1, 0.15) is 5.69 Å². The van der Waals surface area contributed by atoms with E-state index in [0.717, 1.165) is 0 Å². The first-order valence-electron chi connectivity index (χ1n) is 7.49. The van der Waals surface area contributed by atoms with Gasteiger partial charge in [0.2, 0.25) is 0 Å². The van der Waals surface area contributed by atoms with E-state index in [9.17, 15) is 18.3 Å². The Morgan fingerprint density at radius 2 is 2.04 bits per heavy atom. The molecule has 1 aromatic carbocycles. The van der Waals surface area contributed by atoms with E-state index in [1.54, 1.807) is 35.8 Å². The number of hydrogen-bond donors (Lipinski definition) is 2. The van der Waals surface area contributed by atoms with Crippen molar-refractivity contribution in [2.75, 3.05) is 6.26 Å². The molecule has 0 bridgehead atoms. The molecule has 2 aromatic rings. The first kappa shape index (κ1) is 18.2. The number of imidazole rings is 1. The van der Waals surface area contributed by atoms with Crippen molar-refractivity contribution in [3.63, 3.8) is 0 Å². The number of nitrogens with zero attached hydrogens (tertiary/aromatic N) is 2. The van der Waals surface area contributed by atoms with E-state index in [2.05, 4.69) is 4.98 Å². The Morgan fingerprint density at radius 3 is 2.58 bits per heavy atom. The van der Waals surface area contributed by atoms with E-state index in [1.807, 2.05) is 0 Å². The van der Waals surface area contributed by atoms with E-state index >= 15 is 0 Å². The number of primary amides is 1. The summed E-state index contributed by atoms with van der Waals surface area (Å²) in [6.45, 7) is 1.64. The number of carbonyl (C=O) groups is 1. The van der Waals surface area contributed by atoms with Gasteiger partial charge in [-0.05, 0) is 31.4 Å². The Labute approximate surface area is 141 Å². The average Bonchev–Trinajstić information content (AvgIpc) is 2.96. The molecule has 1 aromatic heterocycles. The highest BCUT2D eigenvalue weighted by Gasteiger charge is 2.20. The Morgan fingerprint density at radius 1 is 1.38 bits per heavy atom. The third-order valence-electron chi connectivity index (χ3n) is 3.88. The smallest absolute Gasteiger partial charge is 0.268 e. The minimum Gasteiger partial charge on any atom is -0.391 e. The highest BCUT2D eigenvalue weighted by atomic mass is 32.2. The molecule has 0 aliphatic rings. The first-order chi connectivity index (χ1) is 11.2. The van der Waals surface area contributed by atoms with Crippen LogP contribution in [0.1, 0.15) is 35.4 Å². The summed E-state index contributed by atoms with van der Waals surface area (Å²) in [5.74, 6) is -0.638. The van der Waals surface area contributed by atoms with Gasteiger partial charge in [0.05, 0.1) is 23.4 Å². The lowest BCUT2D eigenvalue weighted by Gasteiger charge is -2.21. The molecule has 8 heteroatoms. The molecule has 0 radical (unpaired) electrons. The molecule has 2 unspecified atom stereocenters. The van der Waals surface area contributed by atoms with Crippen molar-refractivity contribution >= 4 is 15.7 Å². The normalized spacial score (nSPS) is 14.3. The van der Waals surface area contributed by atoms with Crippen molar-refractivity contribution in [2.45, 2.75) is 36.8 Å². The fraction of sp³-hybridized carbons (Fsp3) is 0.375. The van der Waals surface area contributed by atoms with Crippen LogP contribution in [0.2, 0.25) is 0 Å². The number of sulfone groups is 1. The largest absolute Gasteiger partial charge is 0.391 e. The van der Waals surface area contributed by atoms with Crippen LogP contribution in [0, 0.1) is 0 Å². The predicted molar refractivity (Wildman–Crippen MR) is 89.3 cm³/mol. The van der Waals surface area contributed by atoms with E-state index in [0.29, 0.717) is 18.4 Å². The van der Waals surface area contributed by atoms with Crippen LogP contribution in [0.4, 0.5) is 0 Å². The first-order valence-corrected chi connectivity index (χ1v) is 9.38. The van der Waals surface area contributed by atoms with Crippen LogP contribution in [0.15, 0.2) is 41.7 Å². The zero-order chi connectivity index (χ0) is 17.9. The van der Waals surface area contributed by atoms with E-state index in [4.69, 9.17) is 5.73 Å². The number of benzene rings is 1. The summed E-state index contributed by atoms with van der Waals surface area (Å²) >= 11 is 0. The Hall–Kier alpha value is -2.19. The summed E-state index contributed by atoms with van der Waals surface area (Å²) in [5, 5.41) is 10.0. The second-order valence-corrected chi connectivity index (χ2v) is 7.78. The number of aliphatic hydroxyl groups is 1. The van der Waals surface area contributed by atoms with Gasteiger partial charge < -0.3 is 15.4 Å². The number of aliphatic hydroxyl groups excluding tert-OH is 1. The molecule has 7 nitrogen and oxygen atoms in total. The van der Waals surface area contributed by atoms with Crippen LogP contribution in [-0.4, -0.2) is 41.3 Å². The van der Waals surface area contributed by atoms with Gasteiger partial charge in [-0.3, -0.25) is 4.79 Å². The van der Waals surface area contributed by atoms with Crippen LogP contribution in [-0.2, 0) is 16.3 Å². The van der Waals surface area contributed by atoms with E-state index in [1.165, 1.54) is 18.8 Å². The summed E-state index contributed by atoms with van der Waals surface area (Å²) in [4.78, 5) is 15.4. The Bertz CT molecular complexity index is 827. The van der Waals surface area contributed by atoms with Gasteiger partial charge in [0.25, 0.3) is 5.91 Å². The number of aromatic nitrogens is 2. The van der Waals surface area contributed by atoms with Gasteiger partial charge in [0.15, 0.2) is 9.84 Å². The average molecular weight is 351 g/mol. The Balaban J connectivity index is 2.23. The minimum atomic E-state index is -3.32. The number of nitrogens with two attached hydrogens (primary N) is 1. The molecule has 3 N–H and O–H groups in total. The van der Waals surface area contributed by atoms with Crippen LogP contribution in [0.25, 0.3) is 0 Å². The highest BCUT2D eigenvalue weighted by Crippen LogP contribution is 2.23. The molecule has 1 heterocycles. The van der Waals surface area contributed by atoms with Crippen molar-refractivity contribution < 1.29 is 18.3 Å². The van der Waals surface area contributed by atoms with E-state index < -0.39 is 21.8 Å². The zero-order valence-electron chi connectivity index (χ0n) is 13.6. The van der Waals surface area contributed by atoms with Gasteiger partial charge in [-0.15, -0.1) is 0 Å². The van der Waals surface area contributed by atoms with Gasteiger partial charge >= 0.3 is 0 Å². The lowest BCUT2D eigenvalue weighted by atomic mass is 10.0. The molecule has 0 saturated carbocycles. The second kappa shape index (κ2) is 7.14. The molecule has 0 aliphatic heterocycles. The van der Waals surface area contributed by atoms with Crippen LogP contribution >= 0.6 is 0 Å². The monoisotopic (exact) mass is 351 g/mol. The van der Waals surface area contributed by atoms with Crippen molar-refractivity contribution in [3.8, 4) is 0 Å². The molecule has 1 amide bonds. The highest BCUT2D eigenvalue weighted by molar-refractivity contribution is 7.90. The van der Waals surface area contributed by atoms with Crippen molar-refractivity contribution in [1.82, 2.24) is 9.55 Å². The van der Waals surface area contributed by atoms with Gasteiger partial charge in [0, 0.05) is 12.5 Å². The molecule has 2 atom stereocenters. The standard InChI is InChI=1S/C16H21N3O4S/c1-11(20)14(19-9-13(16(17)21)18-10-19)8-7-12-5-3-4-6-15(12)24(2,22)23/h3-6,9-11,14,20H,7-8H2,1-2H3,(H2,17,21). The zero-order valence-corrected chi connectivity index (χ0v) is 14.4. The summed E-state index contributed by atoms with van der Waals surface area (Å²) < 4.78 is 25.4. The fourth-order valence-electron chi connectivity index (χ4n) is 2.66. The number of carbonyl (C=O) groups excluding carboxylic acids is 1. The summed E-state index contributed by atoms with van der Waals surface area (Å²) in [5.41, 5.74) is 6.01. The van der Waals surface area contributed by atoms with Gasteiger partial charge in [-0.25, -0.2) is 13.4 Å². The molecule has 0 fully saturated rings. The lowest BCUT2D eigenvalue weighted by Crippen LogP contribution is -2.21. The quantitative estimate of drug-likeness (QED) is 0.770. The number of rotatable bonds is 7. The molecule has 2 rings (SSSR count). The van der Waals surface area contributed by atoms with Gasteiger partial charge in [-0.2, -0.15) is 0 Å². The Kier molecular flexibility index (Phi) is 5.40. The SMILES string of the molecule is CC(O)C(CCc1ccccc1S(C)(=O)=O)n1cnc(C(N)=O)c1. The molecule has 24 heavy (non-hydrogen) atoms. The van der Waals surface area contributed by atoms with E-state index in [-0.39, 0.29) is 16.6 Å². The second-order valence-electron chi connectivity index (χ2n) is 5.80. The third kappa shape index (κ3) is 4.21. The predicted octanol–water partition coefficient (Wildman–Crippen LogP) is 0.940. The van der Waals surface area contributed by atoms with Crippen molar-refractivity contribution in [3.05, 3.63) is 48.0 Å². The molecular formula is C16H21N3O4S. The topological polar surface area (TPSA) is 115 Å². The maximum atomic E-state index is 11.9. The molecule has 0 aliphatic carbocycles. The number of amides is 1.